The molecule has 3 nitrogen and oxygen atoms in total. The van der Waals surface area contributed by atoms with Crippen molar-refractivity contribution < 1.29 is 4.79 Å². The Balaban J connectivity index is 2.06. The van der Waals surface area contributed by atoms with Crippen molar-refractivity contribution in [3.63, 3.8) is 0 Å². The maximum Gasteiger partial charge on any atom is 0.251 e. The summed E-state index contributed by atoms with van der Waals surface area (Å²) in [5, 5.41) is 3.61. The summed E-state index contributed by atoms with van der Waals surface area (Å²) in [5.74, 6) is -0.0806. The van der Waals surface area contributed by atoms with Gasteiger partial charge in [0.15, 0.2) is 0 Å². The van der Waals surface area contributed by atoms with E-state index in [1.807, 2.05) is 19.1 Å². The highest BCUT2D eigenvalue weighted by Gasteiger charge is 2.23. The van der Waals surface area contributed by atoms with Crippen molar-refractivity contribution in [3.8, 4) is 0 Å². The predicted octanol–water partition coefficient (Wildman–Crippen LogP) is 2.65. The van der Waals surface area contributed by atoms with Crippen LogP contribution in [0, 0.1) is 6.92 Å². The fourth-order valence-corrected chi connectivity index (χ4v) is 2.75. The molecule has 0 saturated heterocycles. The third kappa shape index (κ3) is 3.24. The number of nitrogens with two attached hydrogens (primary N) is 1. The monoisotopic (exact) mass is 266 g/mol. The van der Waals surface area contributed by atoms with Crippen LogP contribution in [0.3, 0.4) is 0 Å². The second-order valence-electron chi connectivity index (χ2n) is 5.05. The van der Waals surface area contributed by atoms with Gasteiger partial charge in [0.2, 0.25) is 0 Å². The molecule has 1 aromatic rings. The van der Waals surface area contributed by atoms with Crippen LogP contribution in [0.1, 0.15) is 41.6 Å². The van der Waals surface area contributed by atoms with Gasteiger partial charge in [0.1, 0.15) is 0 Å². The normalized spacial score (nSPS) is 23.7. The zero-order chi connectivity index (χ0) is 13.1. The maximum atomic E-state index is 12.1. The number of nitrogens with one attached hydrogen (secondary N) is 1. The van der Waals surface area contributed by atoms with E-state index in [-0.39, 0.29) is 18.0 Å². The van der Waals surface area contributed by atoms with Gasteiger partial charge in [0.05, 0.1) is 0 Å². The highest BCUT2D eigenvalue weighted by atomic mass is 35.5. The minimum atomic E-state index is -0.0806. The highest BCUT2D eigenvalue weighted by molar-refractivity contribution is 6.31. The van der Waals surface area contributed by atoms with Gasteiger partial charge in [-0.3, -0.25) is 4.79 Å². The predicted molar refractivity (Wildman–Crippen MR) is 73.9 cm³/mol. The standard InChI is InChI=1S/C14H19ClN2O/c1-9-6-10(8-11(15)7-9)14(18)17-13-5-3-2-4-12(13)16/h6-8,12-13H,2-5,16H2,1H3,(H,17,18). The van der Waals surface area contributed by atoms with Crippen LogP contribution in [-0.2, 0) is 0 Å². The quantitative estimate of drug-likeness (QED) is 0.865. The first-order valence-electron chi connectivity index (χ1n) is 6.40. The van der Waals surface area contributed by atoms with Crippen LogP contribution in [0.4, 0.5) is 0 Å². The number of halogens is 1. The van der Waals surface area contributed by atoms with Crippen LogP contribution in [0.25, 0.3) is 0 Å². The molecule has 2 unspecified atom stereocenters. The number of benzene rings is 1. The average Bonchev–Trinajstić information content (AvgIpc) is 2.31. The lowest BCUT2D eigenvalue weighted by Gasteiger charge is -2.29. The van der Waals surface area contributed by atoms with Crippen LogP contribution >= 0.6 is 11.6 Å². The largest absolute Gasteiger partial charge is 0.348 e. The molecular formula is C14H19ClN2O. The van der Waals surface area contributed by atoms with Gasteiger partial charge in [-0.1, -0.05) is 24.4 Å². The van der Waals surface area contributed by atoms with Gasteiger partial charge >= 0.3 is 0 Å². The van der Waals surface area contributed by atoms with Gasteiger partial charge < -0.3 is 11.1 Å². The third-order valence-electron chi connectivity index (χ3n) is 3.44. The van der Waals surface area contributed by atoms with E-state index in [0.717, 1.165) is 31.2 Å². The Hall–Kier alpha value is -1.06. The van der Waals surface area contributed by atoms with E-state index in [4.69, 9.17) is 17.3 Å². The highest BCUT2D eigenvalue weighted by Crippen LogP contribution is 2.18. The maximum absolute atomic E-state index is 12.1. The zero-order valence-electron chi connectivity index (χ0n) is 10.6. The Morgan fingerprint density at radius 1 is 1.33 bits per heavy atom. The first-order valence-corrected chi connectivity index (χ1v) is 6.77. The Bertz CT molecular complexity index is 427. The fourth-order valence-electron chi connectivity index (χ4n) is 2.46. The molecular weight excluding hydrogens is 248 g/mol. The molecule has 1 aromatic carbocycles. The second kappa shape index (κ2) is 5.72. The van der Waals surface area contributed by atoms with Crippen molar-refractivity contribution in [2.75, 3.05) is 0 Å². The molecule has 98 valence electrons. The zero-order valence-corrected chi connectivity index (χ0v) is 11.3. The van der Waals surface area contributed by atoms with Gasteiger partial charge in [-0.05, 0) is 43.5 Å². The van der Waals surface area contributed by atoms with E-state index >= 15 is 0 Å². The molecule has 0 aliphatic heterocycles. The Morgan fingerprint density at radius 2 is 2.06 bits per heavy atom. The van der Waals surface area contributed by atoms with E-state index < -0.39 is 0 Å². The van der Waals surface area contributed by atoms with E-state index in [1.54, 1.807) is 6.07 Å². The summed E-state index contributed by atoms with van der Waals surface area (Å²) in [5.41, 5.74) is 7.62. The molecule has 1 saturated carbocycles. The van der Waals surface area contributed by atoms with Crippen molar-refractivity contribution in [1.82, 2.24) is 5.32 Å². The van der Waals surface area contributed by atoms with Gasteiger partial charge in [-0.15, -0.1) is 0 Å². The van der Waals surface area contributed by atoms with Crippen molar-refractivity contribution in [3.05, 3.63) is 34.3 Å². The summed E-state index contributed by atoms with van der Waals surface area (Å²) in [6.07, 6.45) is 4.24. The molecule has 2 atom stereocenters. The van der Waals surface area contributed by atoms with Crippen LogP contribution < -0.4 is 11.1 Å². The summed E-state index contributed by atoms with van der Waals surface area (Å²) in [7, 11) is 0. The van der Waals surface area contributed by atoms with Crippen LogP contribution in [0.2, 0.25) is 5.02 Å². The number of aryl methyl sites for hydroxylation is 1. The molecule has 2 rings (SSSR count). The minimum Gasteiger partial charge on any atom is -0.348 e. The lowest BCUT2D eigenvalue weighted by Crippen LogP contribution is -2.49. The molecule has 1 fully saturated rings. The minimum absolute atomic E-state index is 0.0722. The Morgan fingerprint density at radius 3 is 2.72 bits per heavy atom. The first-order chi connectivity index (χ1) is 8.56. The smallest absolute Gasteiger partial charge is 0.251 e. The fraction of sp³-hybridized carbons (Fsp3) is 0.500. The number of carbonyl (C=O) groups is 1. The van der Waals surface area contributed by atoms with E-state index in [2.05, 4.69) is 5.32 Å². The number of amides is 1. The summed E-state index contributed by atoms with van der Waals surface area (Å²) < 4.78 is 0. The van der Waals surface area contributed by atoms with Gasteiger partial charge in [-0.2, -0.15) is 0 Å². The van der Waals surface area contributed by atoms with Gasteiger partial charge in [0, 0.05) is 22.7 Å². The number of hydrogen-bond acceptors (Lipinski definition) is 2. The van der Waals surface area contributed by atoms with Crippen LogP contribution in [0.5, 0.6) is 0 Å². The molecule has 18 heavy (non-hydrogen) atoms. The van der Waals surface area contributed by atoms with E-state index in [0.29, 0.717) is 10.6 Å². The molecule has 0 radical (unpaired) electrons. The van der Waals surface area contributed by atoms with Crippen molar-refractivity contribution >= 4 is 17.5 Å². The first kappa shape index (κ1) is 13.4. The van der Waals surface area contributed by atoms with E-state index in [9.17, 15) is 4.79 Å². The molecule has 1 amide bonds. The van der Waals surface area contributed by atoms with Crippen molar-refractivity contribution in [2.24, 2.45) is 5.73 Å². The van der Waals surface area contributed by atoms with Crippen molar-refractivity contribution in [2.45, 2.75) is 44.7 Å². The molecule has 0 spiro atoms. The summed E-state index contributed by atoms with van der Waals surface area (Å²) >= 11 is 5.96. The number of hydrogen-bond donors (Lipinski definition) is 2. The molecule has 0 bridgehead atoms. The molecule has 1 aliphatic carbocycles. The van der Waals surface area contributed by atoms with Crippen LogP contribution in [-0.4, -0.2) is 18.0 Å². The number of rotatable bonds is 2. The third-order valence-corrected chi connectivity index (χ3v) is 3.66. The lowest BCUT2D eigenvalue weighted by atomic mass is 9.91. The van der Waals surface area contributed by atoms with Crippen LogP contribution in [0.15, 0.2) is 18.2 Å². The molecule has 3 N–H and O–H groups in total. The van der Waals surface area contributed by atoms with Crippen molar-refractivity contribution in [1.29, 1.82) is 0 Å². The summed E-state index contributed by atoms with van der Waals surface area (Å²) in [6, 6.07) is 5.53. The lowest BCUT2D eigenvalue weighted by molar-refractivity contribution is 0.0921. The molecule has 4 heteroatoms. The second-order valence-corrected chi connectivity index (χ2v) is 5.48. The molecule has 0 heterocycles. The topological polar surface area (TPSA) is 55.1 Å². The Kier molecular flexibility index (Phi) is 4.25. The number of carbonyl (C=O) groups excluding carboxylic acids is 1. The average molecular weight is 267 g/mol. The molecule has 0 aromatic heterocycles. The van der Waals surface area contributed by atoms with Gasteiger partial charge in [-0.25, -0.2) is 0 Å². The Labute approximate surface area is 113 Å². The summed E-state index contributed by atoms with van der Waals surface area (Å²) in [6.45, 7) is 1.93. The SMILES string of the molecule is Cc1cc(Cl)cc(C(=O)NC2CCCCC2N)c1. The van der Waals surface area contributed by atoms with E-state index in [1.165, 1.54) is 0 Å². The summed E-state index contributed by atoms with van der Waals surface area (Å²) in [4.78, 5) is 12.1. The molecule has 1 aliphatic rings. The van der Waals surface area contributed by atoms with Gasteiger partial charge in [0.25, 0.3) is 5.91 Å².